The molecule has 3 fully saturated rings. The van der Waals surface area contributed by atoms with Crippen LogP contribution in [0.15, 0.2) is 23.1 Å². The quantitative estimate of drug-likeness (QED) is 0.798. The van der Waals surface area contributed by atoms with Crippen molar-refractivity contribution in [3.8, 4) is 5.75 Å². The number of nitrogens with zero attached hydrogens (tertiary/aromatic N) is 2. The number of rotatable bonds is 3. The van der Waals surface area contributed by atoms with Gasteiger partial charge in [-0.15, -0.1) is 0 Å². The minimum Gasteiger partial charge on any atom is -0.503 e. The molecule has 4 heterocycles. The molecule has 4 aliphatic rings. The normalized spacial score (nSPS) is 23.6. The number of pyridine rings is 1. The van der Waals surface area contributed by atoms with Crippen LogP contribution >= 0.6 is 0 Å². The molecule has 1 aromatic heterocycles. The lowest BCUT2D eigenvalue weighted by molar-refractivity contribution is 0.0632. The fourth-order valence-electron chi connectivity index (χ4n) is 4.89. The summed E-state index contributed by atoms with van der Waals surface area (Å²) >= 11 is 0. The van der Waals surface area contributed by atoms with Gasteiger partial charge in [0.2, 0.25) is 5.43 Å². The summed E-state index contributed by atoms with van der Waals surface area (Å²) < 4.78 is 29.5. The summed E-state index contributed by atoms with van der Waals surface area (Å²) in [5.74, 6) is -3.27. The van der Waals surface area contributed by atoms with Crippen LogP contribution in [0.4, 0.5) is 8.78 Å². The van der Waals surface area contributed by atoms with Crippen LogP contribution < -0.4 is 10.7 Å². The SMILES string of the molecule is Cc1cc(F)c(CNC(=O)c2cn3c(c(O)c2=O)C(=O)N2C4CC(C4)[C@@H]2C3)c(F)c1. The molecule has 6 rings (SSSR count). The number of halogens is 2. The van der Waals surface area contributed by atoms with E-state index in [0.29, 0.717) is 18.0 Å². The number of carbonyl (C=O) groups excluding carboxylic acids is 2. The van der Waals surface area contributed by atoms with Gasteiger partial charge in [0.25, 0.3) is 11.8 Å². The van der Waals surface area contributed by atoms with Gasteiger partial charge in [0.15, 0.2) is 11.4 Å². The molecular weight excluding hydrogens is 396 g/mol. The third-order valence-corrected chi connectivity index (χ3v) is 6.48. The Morgan fingerprint density at radius 3 is 2.57 bits per heavy atom. The molecule has 1 aliphatic carbocycles. The standard InChI is InChI=1S/C21H19F2N3O4/c1-9-2-14(22)12(15(23)3-9)6-24-20(29)13-7-25-8-16-10-4-11(5-10)26(16)21(30)17(25)19(28)18(13)27/h2-3,7,10-11,16,28H,4-6,8H2,1H3,(H,24,29)/t10?,11?,16-/m0/s1. The molecule has 1 atom stereocenters. The highest BCUT2D eigenvalue weighted by atomic mass is 19.1. The van der Waals surface area contributed by atoms with Crippen LogP contribution in [0, 0.1) is 24.5 Å². The fraction of sp³-hybridized carbons (Fsp3) is 0.381. The van der Waals surface area contributed by atoms with Gasteiger partial charge in [-0.25, -0.2) is 8.78 Å². The van der Waals surface area contributed by atoms with Gasteiger partial charge < -0.3 is 19.9 Å². The van der Waals surface area contributed by atoms with Crippen LogP contribution in [0.2, 0.25) is 0 Å². The van der Waals surface area contributed by atoms with Gasteiger partial charge >= 0.3 is 0 Å². The Bertz CT molecular complexity index is 1150. The van der Waals surface area contributed by atoms with E-state index in [0.717, 1.165) is 25.0 Å². The van der Waals surface area contributed by atoms with E-state index in [1.807, 2.05) is 0 Å². The van der Waals surface area contributed by atoms with Crippen LogP contribution in [0.1, 0.15) is 44.8 Å². The van der Waals surface area contributed by atoms with Crippen molar-refractivity contribution in [2.45, 2.75) is 44.9 Å². The summed E-state index contributed by atoms with van der Waals surface area (Å²) in [7, 11) is 0. The summed E-state index contributed by atoms with van der Waals surface area (Å²) in [6.45, 7) is 1.47. The Morgan fingerprint density at radius 2 is 1.90 bits per heavy atom. The van der Waals surface area contributed by atoms with Crippen molar-refractivity contribution < 1.29 is 23.5 Å². The van der Waals surface area contributed by atoms with Crippen molar-refractivity contribution in [2.75, 3.05) is 0 Å². The number of hydrogen-bond donors (Lipinski definition) is 2. The summed E-state index contributed by atoms with van der Waals surface area (Å²) in [4.78, 5) is 39.7. The van der Waals surface area contributed by atoms with E-state index in [-0.39, 0.29) is 28.9 Å². The molecule has 2 bridgehead atoms. The average Bonchev–Trinajstić information content (AvgIpc) is 3.18. The number of aromatic hydroxyl groups is 1. The molecule has 0 radical (unpaired) electrons. The molecule has 9 heteroatoms. The Kier molecular flexibility index (Phi) is 4.00. The maximum Gasteiger partial charge on any atom is 0.275 e. The number of carbonyl (C=O) groups is 2. The van der Waals surface area contributed by atoms with E-state index < -0.39 is 41.2 Å². The van der Waals surface area contributed by atoms with E-state index in [9.17, 15) is 28.3 Å². The minimum atomic E-state index is -0.984. The number of aryl methyl sites for hydroxylation is 1. The molecule has 1 aromatic carbocycles. The van der Waals surface area contributed by atoms with Gasteiger partial charge in [-0.2, -0.15) is 0 Å². The van der Waals surface area contributed by atoms with Gasteiger partial charge in [0.1, 0.15) is 17.2 Å². The zero-order chi connectivity index (χ0) is 21.3. The second-order valence-corrected chi connectivity index (χ2v) is 8.28. The zero-order valence-electron chi connectivity index (χ0n) is 16.1. The van der Waals surface area contributed by atoms with Gasteiger partial charge in [0, 0.05) is 30.9 Å². The molecular formula is C21H19F2N3O4. The lowest BCUT2D eigenvalue weighted by atomic mass is 9.83. The highest BCUT2D eigenvalue weighted by molar-refractivity contribution is 5.99. The first-order valence-electron chi connectivity index (χ1n) is 9.78. The van der Waals surface area contributed by atoms with Gasteiger partial charge in [-0.3, -0.25) is 14.4 Å². The number of amides is 2. The van der Waals surface area contributed by atoms with Gasteiger partial charge in [-0.1, -0.05) is 0 Å². The van der Waals surface area contributed by atoms with Gasteiger partial charge in [-0.05, 0) is 43.4 Å². The first kappa shape index (κ1) is 18.8. The zero-order valence-corrected chi connectivity index (χ0v) is 16.1. The summed E-state index contributed by atoms with van der Waals surface area (Å²) in [6, 6.07) is 2.43. The van der Waals surface area contributed by atoms with E-state index in [4.69, 9.17) is 0 Å². The van der Waals surface area contributed by atoms with E-state index in [2.05, 4.69) is 5.32 Å². The molecule has 2 N–H and O–H groups in total. The third kappa shape index (κ3) is 2.57. The van der Waals surface area contributed by atoms with Crippen LogP contribution in [-0.2, 0) is 13.1 Å². The first-order valence-corrected chi connectivity index (χ1v) is 9.78. The van der Waals surface area contributed by atoms with Crippen molar-refractivity contribution in [3.63, 3.8) is 0 Å². The van der Waals surface area contributed by atoms with Gasteiger partial charge in [0.05, 0.1) is 6.04 Å². The fourth-order valence-corrected chi connectivity index (χ4v) is 4.89. The topological polar surface area (TPSA) is 91.6 Å². The predicted molar refractivity (Wildman–Crippen MR) is 101 cm³/mol. The Balaban J connectivity index is 1.44. The predicted octanol–water partition coefficient (Wildman–Crippen LogP) is 1.69. The molecule has 3 aliphatic heterocycles. The molecule has 1 saturated carbocycles. The molecule has 30 heavy (non-hydrogen) atoms. The summed E-state index contributed by atoms with van der Waals surface area (Å²) in [5, 5.41) is 12.7. The van der Waals surface area contributed by atoms with Crippen molar-refractivity contribution in [1.29, 1.82) is 0 Å². The minimum absolute atomic E-state index is 0.0106. The van der Waals surface area contributed by atoms with Crippen LogP contribution in [0.3, 0.4) is 0 Å². The number of aromatic nitrogens is 1. The number of hydrogen-bond acceptors (Lipinski definition) is 4. The monoisotopic (exact) mass is 415 g/mol. The van der Waals surface area contributed by atoms with E-state index in [1.165, 1.54) is 10.8 Å². The number of benzene rings is 1. The van der Waals surface area contributed by atoms with E-state index in [1.54, 1.807) is 11.8 Å². The Hall–Kier alpha value is -3.23. The van der Waals surface area contributed by atoms with Crippen molar-refractivity contribution >= 4 is 11.8 Å². The number of nitrogens with one attached hydrogen (secondary N) is 1. The smallest absolute Gasteiger partial charge is 0.275 e. The summed E-state index contributed by atoms with van der Waals surface area (Å²) in [6.07, 6.45) is 3.08. The maximum atomic E-state index is 14.0. The van der Waals surface area contributed by atoms with Crippen LogP contribution in [0.25, 0.3) is 0 Å². The lowest BCUT2D eigenvalue weighted by Gasteiger charge is -2.33. The van der Waals surface area contributed by atoms with Crippen molar-refractivity contribution in [3.05, 3.63) is 62.6 Å². The lowest BCUT2D eigenvalue weighted by Crippen LogP contribution is -2.46. The molecule has 2 saturated heterocycles. The maximum absolute atomic E-state index is 14.0. The second kappa shape index (κ2) is 6.38. The van der Waals surface area contributed by atoms with Crippen LogP contribution in [-0.4, -0.2) is 38.5 Å². The number of fused-ring (bicyclic) bond motifs is 1. The Labute approximate surface area is 169 Å². The Morgan fingerprint density at radius 1 is 1.23 bits per heavy atom. The van der Waals surface area contributed by atoms with Crippen LogP contribution in [0.5, 0.6) is 5.75 Å². The molecule has 0 spiro atoms. The van der Waals surface area contributed by atoms with E-state index >= 15 is 0 Å². The first-order chi connectivity index (χ1) is 14.3. The molecule has 2 aromatic rings. The molecule has 156 valence electrons. The average molecular weight is 415 g/mol. The molecule has 7 nitrogen and oxygen atoms in total. The highest BCUT2D eigenvalue weighted by Crippen LogP contribution is 2.49. The second-order valence-electron chi connectivity index (χ2n) is 8.28. The largest absolute Gasteiger partial charge is 0.503 e. The molecule has 0 unspecified atom stereocenters. The third-order valence-electron chi connectivity index (χ3n) is 6.48. The van der Waals surface area contributed by atoms with Crippen molar-refractivity contribution in [1.82, 2.24) is 14.8 Å². The summed E-state index contributed by atoms with van der Waals surface area (Å²) in [5.41, 5.74) is -1.40. The van der Waals surface area contributed by atoms with Crippen molar-refractivity contribution in [2.24, 2.45) is 5.92 Å². The highest BCUT2D eigenvalue weighted by Gasteiger charge is 2.55. The molecule has 2 amide bonds.